The molecule has 6 nitrogen and oxygen atoms in total. The van der Waals surface area contributed by atoms with Crippen molar-refractivity contribution in [1.82, 2.24) is 15.1 Å². The number of amides is 3. The van der Waals surface area contributed by atoms with Crippen LogP contribution in [0.15, 0.2) is 60.7 Å². The maximum atomic E-state index is 12.9. The molecule has 2 aromatic carbocycles. The van der Waals surface area contributed by atoms with Crippen molar-refractivity contribution in [3.63, 3.8) is 0 Å². The van der Waals surface area contributed by atoms with E-state index in [0.717, 1.165) is 11.1 Å². The summed E-state index contributed by atoms with van der Waals surface area (Å²) in [5.41, 5.74) is 1.77. The lowest BCUT2D eigenvalue weighted by atomic mass is 9.90. The van der Waals surface area contributed by atoms with Crippen LogP contribution < -0.4 is 5.32 Å². The van der Waals surface area contributed by atoms with E-state index < -0.39 is 5.92 Å². The van der Waals surface area contributed by atoms with Crippen molar-refractivity contribution in [3.05, 3.63) is 71.8 Å². The average molecular weight is 379 g/mol. The van der Waals surface area contributed by atoms with Gasteiger partial charge in [0.05, 0.1) is 12.5 Å². The predicted octanol–water partition coefficient (Wildman–Crippen LogP) is 1.63. The van der Waals surface area contributed by atoms with E-state index in [1.54, 1.807) is 9.80 Å². The van der Waals surface area contributed by atoms with Gasteiger partial charge in [0.1, 0.15) is 0 Å². The Morgan fingerprint density at radius 1 is 0.821 bits per heavy atom. The van der Waals surface area contributed by atoms with Crippen LogP contribution in [0.3, 0.4) is 0 Å². The van der Waals surface area contributed by atoms with Crippen LogP contribution in [0.25, 0.3) is 0 Å². The van der Waals surface area contributed by atoms with E-state index in [1.165, 1.54) is 6.92 Å². The minimum absolute atomic E-state index is 0.0222. The highest BCUT2D eigenvalue weighted by Gasteiger charge is 2.25. The van der Waals surface area contributed by atoms with E-state index in [1.807, 2.05) is 60.7 Å². The summed E-state index contributed by atoms with van der Waals surface area (Å²) >= 11 is 0. The number of rotatable bonds is 5. The van der Waals surface area contributed by atoms with Gasteiger partial charge in [-0.25, -0.2) is 0 Å². The Bertz CT molecular complexity index is 776. The van der Waals surface area contributed by atoms with Gasteiger partial charge in [-0.15, -0.1) is 0 Å². The standard InChI is InChI=1S/C22H25N3O3/c1-17(26)24-12-14-25(15-13-24)20(27)16-23-22(28)21(18-8-4-2-5-9-18)19-10-6-3-7-11-19/h2-11,21H,12-16H2,1H3,(H,23,28). The number of nitrogens with one attached hydrogen (secondary N) is 1. The van der Waals surface area contributed by atoms with Crippen LogP contribution in [0, 0.1) is 0 Å². The summed E-state index contributed by atoms with van der Waals surface area (Å²) in [7, 11) is 0. The van der Waals surface area contributed by atoms with Gasteiger partial charge in [-0.1, -0.05) is 60.7 Å². The third kappa shape index (κ3) is 4.76. The fourth-order valence-corrected chi connectivity index (χ4v) is 3.43. The highest BCUT2D eigenvalue weighted by atomic mass is 16.2. The molecule has 28 heavy (non-hydrogen) atoms. The van der Waals surface area contributed by atoms with Gasteiger partial charge < -0.3 is 15.1 Å². The lowest BCUT2D eigenvalue weighted by Gasteiger charge is -2.34. The van der Waals surface area contributed by atoms with Gasteiger partial charge in [-0.05, 0) is 11.1 Å². The van der Waals surface area contributed by atoms with E-state index >= 15 is 0 Å². The van der Waals surface area contributed by atoms with Gasteiger partial charge in [0.2, 0.25) is 17.7 Å². The third-order valence-corrected chi connectivity index (χ3v) is 5.02. The zero-order chi connectivity index (χ0) is 19.9. The first kappa shape index (κ1) is 19.6. The van der Waals surface area contributed by atoms with Gasteiger partial charge in [-0.3, -0.25) is 14.4 Å². The molecule has 1 aliphatic heterocycles. The molecule has 1 heterocycles. The summed E-state index contributed by atoms with van der Waals surface area (Å²) in [6, 6.07) is 19.1. The smallest absolute Gasteiger partial charge is 0.242 e. The fourth-order valence-electron chi connectivity index (χ4n) is 3.43. The molecule has 0 aliphatic carbocycles. The zero-order valence-corrected chi connectivity index (χ0v) is 16.0. The summed E-state index contributed by atoms with van der Waals surface area (Å²) in [5.74, 6) is -0.775. The first-order valence-electron chi connectivity index (χ1n) is 9.47. The number of benzene rings is 2. The highest BCUT2D eigenvalue weighted by Crippen LogP contribution is 2.24. The third-order valence-electron chi connectivity index (χ3n) is 5.02. The highest BCUT2D eigenvalue weighted by molar-refractivity contribution is 5.90. The molecule has 146 valence electrons. The summed E-state index contributed by atoms with van der Waals surface area (Å²) in [4.78, 5) is 40.2. The van der Waals surface area contributed by atoms with E-state index in [-0.39, 0.29) is 24.3 Å². The summed E-state index contributed by atoms with van der Waals surface area (Å²) in [6.45, 7) is 3.54. The first-order valence-corrected chi connectivity index (χ1v) is 9.47. The van der Waals surface area contributed by atoms with Gasteiger partial charge >= 0.3 is 0 Å². The minimum atomic E-state index is -0.468. The summed E-state index contributed by atoms with van der Waals surface area (Å²) < 4.78 is 0. The quantitative estimate of drug-likeness (QED) is 0.858. The second-order valence-electron chi connectivity index (χ2n) is 6.86. The SMILES string of the molecule is CC(=O)N1CCN(C(=O)CNC(=O)C(c2ccccc2)c2ccccc2)CC1. The molecule has 6 heteroatoms. The number of carbonyl (C=O) groups excluding carboxylic acids is 3. The molecule has 0 unspecified atom stereocenters. The Balaban J connectivity index is 1.63. The van der Waals surface area contributed by atoms with Gasteiger partial charge in [0.15, 0.2) is 0 Å². The van der Waals surface area contributed by atoms with Crippen LogP contribution >= 0.6 is 0 Å². The molecule has 3 rings (SSSR count). The van der Waals surface area contributed by atoms with Crippen LogP contribution in [0.4, 0.5) is 0 Å². The van der Waals surface area contributed by atoms with E-state index in [2.05, 4.69) is 5.32 Å². The second-order valence-corrected chi connectivity index (χ2v) is 6.86. The maximum absolute atomic E-state index is 12.9. The molecule has 0 atom stereocenters. The lowest BCUT2D eigenvalue weighted by Crippen LogP contribution is -2.52. The van der Waals surface area contributed by atoms with Gasteiger partial charge in [0.25, 0.3) is 0 Å². The lowest BCUT2D eigenvalue weighted by molar-refractivity contribution is -0.138. The summed E-state index contributed by atoms with van der Waals surface area (Å²) in [5, 5.41) is 2.80. The number of carbonyl (C=O) groups is 3. The van der Waals surface area contributed by atoms with Crippen LogP contribution in [-0.4, -0.2) is 60.2 Å². The van der Waals surface area contributed by atoms with E-state index in [4.69, 9.17) is 0 Å². The van der Waals surface area contributed by atoms with E-state index in [0.29, 0.717) is 26.2 Å². The van der Waals surface area contributed by atoms with Crippen molar-refractivity contribution in [1.29, 1.82) is 0 Å². The van der Waals surface area contributed by atoms with Gasteiger partial charge in [0, 0.05) is 33.1 Å². The molecule has 0 spiro atoms. The van der Waals surface area contributed by atoms with Crippen molar-refractivity contribution < 1.29 is 14.4 Å². The van der Waals surface area contributed by atoms with E-state index in [9.17, 15) is 14.4 Å². The van der Waals surface area contributed by atoms with Crippen LogP contribution in [0.2, 0.25) is 0 Å². The molecule has 1 saturated heterocycles. The number of hydrogen-bond acceptors (Lipinski definition) is 3. The number of piperazine rings is 1. The van der Waals surface area contributed by atoms with Crippen LogP contribution in [-0.2, 0) is 14.4 Å². The van der Waals surface area contributed by atoms with Crippen molar-refractivity contribution >= 4 is 17.7 Å². The summed E-state index contributed by atoms with van der Waals surface area (Å²) in [6.07, 6.45) is 0. The van der Waals surface area contributed by atoms with Gasteiger partial charge in [-0.2, -0.15) is 0 Å². The molecular weight excluding hydrogens is 354 g/mol. The van der Waals surface area contributed by atoms with Crippen molar-refractivity contribution in [2.24, 2.45) is 0 Å². The van der Waals surface area contributed by atoms with Crippen molar-refractivity contribution in [3.8, 4) is 0 Å². The Labute approximate surface area is 165 Å². The molecule has 0 bridgehead atoms. The monoisotopic (exact) mass is 379 g/mol. The molecule has 3 amide bonds. The molecule has 1 N–H and O–H groups in total. The topological polar surface area (TPSA) is 69.7 Å². The Morgan fingerprint density at radius 2 is 1.29 bits per heavy atom. The molecule has 0 radical (unpaired) electrons. The largest absolute Gasteiger partial charge is 0.346 e. The molecule has 1 fully saturated rings. The Morgan fingerprint density at radius 3 is 1.75 bits per heavy atom. The normalized spacial score (nSPS) is 14.1. The maximum Gasteiger partial charge on any atom is 0.242 e. The molecule has 0 saturated carbocycles. The minimum Gasteiger partial charge on any atom is -0.346 e. The Hall–Kier alpha value is -3.15. The molecule has 0 aromatic heterocycles. The second kappa shape index (κ2) is 9.17. The molecular formula is C22H25N3O3. The molecule has 1 aliphatic rings. The first-order chi connectivity index (χ1) is 13.6. The zero-order valence-electron chi connectivity index (χ0n) is 16.0. The van der Waals surface area contributed by atoms with Crippen molar-refractivity contribution in [2.45, 2.75) is 12.8 Å². The number of nitrogens with zero attached hydrogens (tertiary/aromatic N) is 2. The van der Waals surface area contributed by atoms with Crippen molar-refractivity contribution in [2.75, 3.05) is 32.7 Å². The number of hydrogen-bond donors (Lipinski definition) is 1. The predicted molar refractivity (Wildman–Crippen MR) is 107 cm³/mol. The Kier molecular flexibility index (Phi) is 6.42. The fraction of sp³-hybridized carbons (Fsp3) is 0.318. The van der Waals surface area contributed by atoms with Crippen LogP contribution in [0.5, 0.6) is 0 Å². The molecule has 2 aromatic rings. The average Bonchev–Trinajstić information content (AvgIpc) is 2.74. The van der Waals surface area contributed by atoms with Crippen LogP contribution in [0.1, 0.15) is 24.0 Å².